The molecule has 132 valence electrons. The van der Waals surface area contributed by atoms with Crippen molar-refractivity contribution in [3.05, 3.63) is 41.1 Å². The zero-order valence-corrected chi connectivity index (χ0v) is 18.3. The van der Waals surface area contributed by atoms with Gasteiger partial charge in [0.15, 0.2) is 0 Å². The zero-order chi connectivity index (χ0) is 18.3. The Bertz CT molecular complexity index is 779. The van der Waals surface area contributed by atoms with Gasteiger partial charge in [-0.05, 0) is 24.6 Å². The van der Waals surface area contributed by atoms with Gasteiger partial charge in [0.25, 0.3) is 5.91 Å². The van der Waals surface area contributed by atoms with Gasteiger partial charge in [-0.15, -0.1) is 0 Å². The normalized spacial score (nSPS) is 22.3. The third kappa shape index (κ3) is 3.65. The second-order valence-electron chi connectivity index (χ2n) is 5.66. The Morgan fingerprint density at radius 2 is 1.96 bits per heavy atom. The van der Waals surface area contributed by atoms with Crippen molar-refractivity contribution < 1.29 is 80.8 Å². The topological polar surface area (TPSA) is 119 Å². The molecule has 0 aliphatic carbocycles. The van der Waals surface area contributed by atoms with Crippen molar-refractivity contribution in [3.63, 3.8) is 0 Å². The molecule has 3 rings (SSSR count). The summed E-state index contributed by atoms with van der Waals surface area (Å²) in [4.78, 5) is 41.5. The van der Waals surface area contributed by atoms with Gasteiger partial charge in [-0.2, -0.15) is 0 Å². The van der Waals surface area contributed by atoms with Crippen LogP contribution in [-0.4, -0.2) is 46.4 Å². The Kier molecular flexibility index (Phi) is 7.08. The van der Waals surface area contributed by atoms with E-state index in [1.807, 2.05) is 0 Å². The number of hydroxylamine groups is 1. The fraction of sp³-hybridized carbons (Fsp3) is 0.312. The van der Waals surface area contributed by atoms with E-state index in [0.717, 1.165) is 4.90 Å². The number of carbonyl (C=O) groups excluding carboxylic acids is 3. The van der Waals surface area contributed by atoms with Crippen LogP contribution in [0.4, 0.5) is 0 Å². The number of benzene rings is 1. The quantitative estimate of drug-likeness (QED) is 0.296. The molecule has 1 saturated heterocycles. The largest absolute Gasteiger partial charge is 1.00 e. The summed E-state index contributed by atoms with van der Waals surface area (Å²) in [7, 11) is 1.32. The maximum absolute atomic E-state index is 12.2. The first kappa shape index (κ1) is 21.6. The standard InChI is InChI=1S/C16H16N2O6S.K/c1-7(19)10-14(21)18-11(16(22)23)12(25-15(10)18)8-3-5-9(6-4-8)13(20)17-24-2;/h3-7,10,15,19H,1-2H3,(H,17,20)(H,22,23);/q;+1/p-1/t7-,10+,15-;/m1./s1. The van der Waals surface area contributed by atoms with Crippen molar-refractivity contribution in [1.29, 1.82) is 0 Å². The molecule has 0 radical (unpaired) electrons. The molecule has 2 heterocycles. The summed E-state index contributed by atoms with van der Waals surface area (Å²) < 4.78 is 0. The summed E-state index contributed by atoms with van der Waals surface area (Å²) in [6.07, 6.45) is -0.872. The summed E-state index contributed by atoms with van der Waals surface area (Å²) in [6.45, 7) is 1.50. The van der Waals surface area contributed by atoms with E-state index >= 15 is 0 Å². The maximum atomic E-state index is 12.2. The van der Waals surface area contributed by atoms with Crippen LogP contribution in [-0.2, 0) is 14.4 Å². The Hall–Kier alpha value is -0.724. The van der Waals surface area contributed by atoms with E-state index in [2.05, 4.69) is 10.3 Å². The number of carbonyl (C=O) groups is 3. The van der Waals surface area contributed by atoms with Crippen molar-refractivity contribution >= 4 is 34.5 Å². The van der Waals surface area contributed by atoms with Crippen molar-refractivity contribution in [1.82, 2.24) is 10.4 Å². The molecule has 2 amide bonds. The second kappa shape index (κ2) is 8.53. The van der Waals surface area contributed by atoms with Crippen LogP contribution in [0.15, 0.2) is 30.0 Å². The molecular weight excluding hydrogens is 387 g/mol. The minimum Gasteiger partial charge on any atom is -0.543 e. The number of rotatable bonds is 5. The molecule has 2 aliphatic rings. The molecular formula is C16H15KN2O6S. The summed E-state index contributed by atoms with van der Waals surface area (Å²) in [6, 6.07) is 6.22. The molecule has 8 nitrogen and oxygen atoms in total. The Morgan fingerprint density at radius 1 is 1.35 bits per heavy atom. The average Bonchev–Trinajstić information content (AvgIpc) is 2.90. The van der Waals surface area contributed by atoms with Gasteiger partial charge < -0.3 is 15.0 Å². The van der Waals surface area contributed by atoms with Crippen LogP contribution in [0, 0.1) is 5.92 Å². The number of aliphatic hydroxyl groups excluding tert-OH is 1. The number of hydrogen-bond donors (Lipinski definition) is 2. The molecule has 0 unspecified atom stereocenters. The molecule has 1 fully saturated rings. The number of carboxylic acid groups (broad SMARTS) is 1. The number of aliphatic carboxylic acids is 1. The Balaban J connectivity index is 0.00000243. The molecule has 1 aromatic rings. The van der Waals surface area contributed by atoms with Crippen LogP contribution in [0.3, 0.4) is 0 Å². The molecule has 3 atom stereocenters. The van der Waals surface area contributed by atoms with Crippen LogP contribution >= 0.6 is 11.8 Å². The first-order chi connectivity index (χ1) is 11.9. The predicted molar refractivity (Wildman–Crippen MR) is 86.2 cm³/mol. The fourth-order valence-electron chi connectivity index (χ4n) is 2.90. The molecule has 0 bridgehead atoms. The van der Waals surface area contributed by atoms with Gasteiger partial charge in [0.1, 0.15) is 5.37 Å². The van der Waals surface area contributed by atoms with Gasteiger partial charge in [-0.25, -0.2) is 5.48 Å². The second-order valence-corrected chi connectivity index (χ2v) is 6.79. The molecule has 10 heteroatoms. The molecule has 1 aromatic carbocycles. The summed E-state index contributed by atoms with van der Waals surface area (Å²) in [5.41, 5.74) is 2.87. The van der Waals surface area contributed by atoms with E-state index in [0.29, 0.717) is 16.0 Å². The third-order valence-corrected chi connectivity index (χ3v) is 5.51. The van der Waals surface area contributed by atoms with Gasteiger partial charge >= 0.3 is 51.4 Å². The molecule has 2 aliphatic heterocycles. The molecule has 2 N–H and O–H groups in total. The number of fused-ring (bicyclic) bond motifs is 1. The minimum atomic E-state index is -1.46. The van der Waals surface area contributed by atoms with E-state index in [1.54, 1.807) is 12.1 Å². The van der Waals surface area contributed by atoms with Crippen LogP contribution in [0.25, 0.3) is 4.91 Å². The fourth-order valence-corrected chi connectivity index (χ4v) is 4.51. The van der Waals surface area contributed by atoms with Crippen molar-refractivity contribution in [2.75, 3.05) is 7.11 Å². The summed E-state index contributed by atoms with van der Waals surface area (Å²) >= 11 is 1.19. The molecule has 0 saturated carbocycles. The first-order valence-electron chi connectivity index (χ1n) is 7.44. The van der Waals surface area contributed by atoms with Crippen molar-refractivity contribution in [2.45, 2.75) is 18.4 Å². The van der Waals surface area contributed by atoms with Gasteiger partial charge in [-0.1, -0.05) is 23.9 Å². The first-order valence-corrected chi connectivity index (χ1v) is 8.32. The Labute approximate surface area is 196 Å². The minimum absolute atomic E-state index is 0. The number of nitrogens with zero attached hydrogens (tertiary/aromatic N) is 1. The van der Waals surface area contributed by atoms with Crippen molar-refractivity contribution in [2.24, 2.45) is 5.92 Å². The van der Waals surface area contributed by atoms with E-state index in [1.165, 1.54) is 37.9 Å². The van der Waals surface area contributed by atoms with Crippen molar-refractivity contribution in [3.8, 4) is 0 Å². The van der Waals surface area contributed by atoms with Crippen LogP contribution in [0.5, 0.6) is 0 Å². The van der Waals surface area contributed by atoms with Gasteiger partial charge in [0.05, 0.1) is 30.8 Å². The summed E-state index contributed by atoms with van der Waals surface area (Å²) in [5, 5.41) is 20.8. The summed E-state index contributed by atoms with van der Waals surface area (Å²) in [5.74, 6) is -2.97. The van der Waals surface area contributed by atoms with Crippen LogP contribution in [0.1, 0.15) is 22.8 Å². The number of thioether (sulfide) groups is 1. The molecule has 0 spiro atoms. The Morgan fingerprint density at radius 3 is 2.46 bits per heavy atom. The number of β-lactam (4-membered cyclic amide) rings is 1. The van der Waals surface area contributed by atoms with E-state index < -0.39 is 35.2 Å². The number of hydrogen-bond acceptors (Lipinski definition) is 7. The number of nitrogens with one attached hydrogen (secondary N) is 1. The van der Waals surface area contributed by atoms with Gasteiger partial charge in [0, 0.05) is 10.5 Å². The monoisotopic (exact) mass is 402 g/mol. The van der Waals surface area contributed by atoms with E-state index in [4.69, 9.17) is 0 Å². The van der Waals surface area contributed by atoms with Crippen LogP contribution in [0.2, 0.25) is 0 Å². The van der Waals surface area contributed by atoms with Gasteiger partial charge in [0.2, 0.25) is 5.91 Å². The SMILES string of the molecule is CONC(=O)c1ccc(C2=C(C(=O)[O-])N3C(=O)[C@H]([C@@H](C)O)[C@H]3S2)cc1.[K+]. The average molecular weight is 402 g/mol. The number of amides is 2. The smallest absolute Gasteiger partial charge is 0.543 e. The maximum Gasteiger partial charge on any atom is 1.00 e. The van der Waals surface area contributed by atoms with E-state index in [9.17, 15) is 24.6 Å². The third-order valence-electron chi connectivity index (χ3n) is 4.10. The van der Waals surface area contributed by atoms with E-state index in [-0.39, 0.29) is 57.1 Å². The van der Waals surface area contributed by atoms with Gasteiger partial charge in [-0.3, -0.25) is 19.3 Å². The number of carboxylic acids is 1. The molecule has 0 aromatic heterocycles. The number of aliphatic hydroxyl groups is 1. The zero-order valence-electron chi connectivity index (χ0n) is 14.4. The van der Waals surface area contributed by atoms with Crippen LogP contribution < -0.4 is 62.0 Å². The predicted octanol–water partition coefficient (Wildman–Crippen LogP) is -3.69. The molecule has 26 heavy (non-hydrogen) atoms.